The van der Waals surface area contributed by atoms with Crippen LogP contribution in [0.4, 0.5) is 17.2 Å². The van der Waals surface area contributed by atoms with Crippen molar-refractivity contribution in [1.82, 2.24) is 9.97 Å². The van der Waals surface area contributed by atoms with Crippen LogP contribution >= 0.6 is 0 Å². The molecule has 0 bridgehead atoms. The number of hydrogen-bond acceptors (Lipinski definition) is 9. The van der Waals surface area contributed by atoms with E-state index in [1.807, 2.05) is 0 Å². The van der Waals surface area contributed by atoms with E-state index in [9.17, 15) is 19.7 Å². The monoisotopic (exact) mass is 361 g/mol. The number of carbonyl (C=O) groups excluding carboxylic acids is 2. The standard InChI is InChI=1S/C15H15N5O6/c1-8(26-15(22)12-13(16)18-6-5-17-12)14(21)19-10-4-3-9(20(23)24)7-11(10)25-2/h3-8H,1-2H3,(H2,16,18)(H,19,21). The molecule has 2 aromatic rings. The third-order valence-electron chi connectivity index (χ3n) is 3.23. The maximum Gasteiger partial charge on any atom is 0.361 e. The maximum absolute atomic E-state index is 12.2. The van der Waals surface area contributed by atoms with Gasteiger partial charge in [-0.1, -0.05) is 0 Å². The number of methoxy groups -OCH3 is 1. The van der Waals surface area contributed by atoms with E-state index in [1.54, 1.807) is 0 Å². The van der Waals surface area contributed by atoms with Crippen LogP contribution in [0.5, 0.6) is 5.75 Å². The average Bonchev–Trinajstić information content (AvgIpc) is 2.61. The zero-order chi connectivity index (χ0) is 19.3. The van der Waals surface area contributed by atoms with Crippen LogP contribution in [-0.2, 0) is 9.53 Å². The third kappa shape index (κ3) is 4.20. The third-order valence-corrected chi connectivity index (χ3v) is 3.23. The molecule has 26 heavy (non-hydrogen) atoms. The highest BCUT2D eigenvalue weighted by molar-refractivity contribution is 5.98. The summed E-state index contributed by atoms with van der Waals surface area (Å²) >= 11 is 0. The Bertz CT molecular complexity index is 856. The quantitative estimate of drug-likeness (QED) is 0.437. The summed E-state index contributed by atoms with van der Waals surface area (Å²) in [6.07, 6.45) is 1.38. The second kappa shape index (κ2) is 7.88. The molecule has 11 nitrogen and oxygen atoms in total. The molecule has 0 aliphatic rings. The number of esters is 1. The van der Waals surface area contributed by atoms with Gasteiger partial charge in [0.2, 0.25) is 0 Å². The summed E-state index contributed by atoms with van der Waals surface area (Å²) in [5.41, 5.74) is 5.31. The smallest absolute Gasteiger partial charge is 0.361 e. The van der Waals surface area contributed by atoms with Gasteiger partial charge in [0.15, 0.2) is 17.6 Å². The van der Waals surface area contributed by atoms with Crippen LogP contribution in [0.1, 0.15) is 17.4 Å². The van der Waals surface area contributed by atoms with E-state index in [1.165, 1.54) is 38.6 Å². The zero-order valence-electron chi connectivity index (χ0n) is 13.8. The topological polar surface area (TPSA) is 160 Å². The van der Waals surface area contributed by atoms with E-state index in [0.29, 0.717) is 0 Å². The fraction of sp³-hybridized carbons (Fsp3) is 0.200. The Balaban J connectivity index is 2.08. The number of nitrogens with one attached hydrogen (secondary N) is 1. The van der Waals surface area contributed by atoms with Gasteiger partial charge in [0, 0.05) is 18.5 Å². The number of nitrogen functional groups attached to an aromatic ring is 1. The SMILES string of the molecule is COc1cc([N+](=O)[O-])ccc1NC(=O)C(C)OC(=O)c1nccnc1N. The molecule has 0 saturated carbocycles. The molecule has 11 heteroatoms. The first-order valence-corrected chi connectivity index (χ1v) is 7.24. The molecule has 1 aromatic carbocycles. The number of carbonyl (C=O) groups is 2. The highest BCUT2D eigenvalue weighted by atomic mass is 16.6. The number of nitro benzene ring substituents is 1. The van der Waals surface area contributed by atoms with E-state index in [-0.39, 0.29) is 28.6 Å². The van der Waals surface area contributed by atoms with Crippen molar-refractivity contribution in [3.8, 4) is 5.75 Å². The fourth-order valence-electron chi connectivity index (χ4n) is 1.91. The van der Waals surface area contributed by atoms with Gasteiger partial charge in [-0.05, 0) is 13.0 Å². The van der Waals surface area contributed by atoms with E-state index >= 15 is 0 Å². The Morgan fingerprint density at radius 1 is 1.31 bits per heavy atom. The molecule has 0 aliphatic heterocycles. The molecule has 0 radical (unpaired) electrons. The summed E-state index contributed by atoms with van der Waals surface area (Å²) < 4.78 is 10.0. The number of anilines is 2. The minimum absolute atomic E-state index is 0.0873. The van der Waals surface area contributed by atoms with Gasteiger partial charge in [-0.2, -0.15) is 0 Å². The number of ether oxygens (including phenoxy) is 2. The van der Waals surface area contributed by atoms with Gasteiger partial charge in [0.05, 0.1) is 23.8 Å². The van der Waals surface area contributed by atoms with Gasteiger partial charge in [-0.25, -0.2) is 14.8 Å². The summed E-state index contributed by atoms with van der Waals surface area (Å²) in [5.74, 6) is -1.62. The van der Waals surface area contributed by atoms with E-state index in [2.05, 4.69) is 15.3 Å². The van der Waals surface area contributed by atoms with Crippen molar-refractivity contribution in [2.24, 2.45) is 0 Å². The van der Waals surface area contributed by atoms with E-state index in [4.69, 9.17) is 15.2 Å². The highest BCUT2D eigenvalue weighted by Crippen LogP contribution is 2.29. The van der Waals surface area contributed by atoms with Crippen molar-refractivity contribution >= 4 is 29.1 Å². The molecular weight excluding hydrogens is 346 g/mol. The van der Waals surface area contributed by atoms with Gasteiger partial charge < -0.3 is 20.5 Å². The van der Waals surface area contributed by atoms with Crippen molar-refractivity contribution in [2.75, 3.05) is 18.2 Å². The first-order chi connectivity index (χ1) is 12.3. The van der Waals surface area contributed by atoms with Crippen LogP contribution in [-0.4, -0.2) is 40.0 Å². The predicted octanol–water partition coefficient (Wildman–Crippen LogP) is 1.16. The van der Waals surface area contributed by atoms with Crippen LogP contribution in [0.3, 0.4) is 0 Å². The Morgan fingerprint density at radius 2 is 2.00 bits per heavy atom. The van der Waals surface area contributed by atoms with Gasteiger partial charge in [-0.15, -0.1) is 0 Å². The van der Waals surface area contributed by atoms with Gasteiger partial charge in [0.25, 0.3) is 11.6 Å². The van der Waals surface area contributed by atoms with Crippen LogP contribution in [0.2, 0.25) is 0 Å². The number of nitrogens with zero attached hydrogens (tertiary/aromatic N) is 3. The Kier molecular flexibility index (Phi) is 5.63. The summed E-state index contributed by atoms with van der Waals surface area (Å²) in [6.45, 7) is 1.34. The minimum Gasteiger partial charge on any atom is -0.494 e. The largest absolute Gasteiger partial charge is 0.494 e. The summed E-state index contributed by atoms with van der Waals surface area (Å²) in [6, 6.07) is 3.67. The lowest BCUT2D eigenvalue weighted by molar-refractivity contribution is -0.384. The van der Waals surface area contributed by atoms with Crippen molar-refractivity contribution in [3.05, 3.63) is 46.4 Å². The number of hydrogen-bond donors (Lipinski definition) is 2. The lowest BCUT2D eigenvalue weighted by Crippen LogP contribution is -2.30. The number of nitro groups is 1. The van der Waals surface area contributed by atoms with Crippen LogP contribution in [0, 0.1) is 10.1 Å². The highest BCUT2D eigenvalue weighted by Gasteiger charge is 2.23. The fourth-order valence-corrected chi connectivity index (χ4v) is 1.91. The Labute approximate surface area is 147 Å². The Morgan fingerprint density at radius 3 is 2.62 bits per heavy atom. The molecule has 2 rings (SSSR count). The van der Waals surface area contributed by atoms with Crippen LogP contribution < -0.4 is 15.8 Å². The predicted molar refractivity (Wildman–Crippen MR) is 89.6 cm³/mol. The molecule has 0 spiro atoms. The summed E-state index contributed by atoms with van der Waals surface area (Å²) in [7, 11) is 1.30. The molecular formula is C15H15N5O6. The molecule has 1 atom stereocenters. The minimum atomic E-state index is -1.19. The summed E-state index contributed by atoms with van der Waals surface area (Å²) in [5, 5.41) is 13.2. The second-order valence-corrected chi connectivity index (χ2v) is 4.97. The zero-order valence-corrected chi connectivity index (χ0v) is 13.8. The van der Waals surface area contributed by atoms with Crippen molar-refractivity contribution in [2.45, 2.75) is 13.0 Å². The molecule has 1 heterocycles. The molecule has 1 amide bonds. The number of aromatic nitrogens is 2. The number of benzene rings is 1. The molecule has 0 aliphatic carbocycles. The van der Waals surface area contributed by atoms with Crippen LogP contribution in [0.25, 0.3) is 0 Å². The molecule has 0 fully saturated rings. The molecule has 3 N–H and O–H groups in total. The molecule has 0 saturated heterocycles. The van der Waals surface area contributed by atoms with E-state index in [0.717, 1.165) is 6.07 Å². The number of nitrogens with two attached hydrogens (primary N) is 1. The normalized spacial score (nSPS) is 11.3. The number of non-ortho nitro benzene ring substituents is 1. The number of amides is 1. The number of rotatable bonds is 6. The van der Waals surface area contributed by atoms with Crippen molar-refractivity contribution in [1.29, 1.82) is 0 Å². The molecule has 1 unspecified atom stereocenters. The lowest BCUT2D eigenvalue weighted by atomic mass is 10.2. The average molecular weight is 361 g/mol. The lowest BCUT2D eigenvalue weighted by Gasteiger charge is -2.15. The second-order valence-electron chi connectivity index (χ2n) is 4.97. The van der Waals surface area contributed by atoms with Gasteiger partial charge >= 0.3 is 5.97 Å². The van der Waals surface area contributed by atoms with Crippen molar-refractivity contribution in [3.63, 3.8) is 0 Å². The first kappa shape index (κ1) is 18.6. The first-order valence-electron chi connectivity index (χ1n) is 7.24. The molecule has 136 valence electrons. The van der Waals surface area contributed by atoms with Gasteiger partial charge in [-0.3, -0.25) is 14.9 Å². The molecule has 1 aromatic heterocycles. The van der Waals surface area contributed by atoms with Crippen molar-refractivity contribution < 1.29 is 24.0 Å². The maximum atomic E-state index is 12.2. The van der Waals surface area contributed by atoms with Gasteiger partial charge in [0.1, 0.15) is 5.75 Å². The summed E-state index contributed by atoms with van der Waals surface area (Å²) in [4.78, 5) is 41.8. The Hall–Kier alpha value is -3.76. The van der Waals surface area contributed by atoms with Crippen LogP contribution in [0.15, 0.2) is 30.6 Å². The van der Waals surface area contributed by atoms with E-state index < -0.39 is 22.9 Å².